The summed E-state index contributed by atoms with van der Waals surface area (Å²) in [6, 6.07) is 16.5. The first-order valence-electron chi connectivity index (χ1n) is 11.3. The molecule has 0 saturated heterocycles. The van der Waals surface area contributed by atoms with Crippen LogP contribution >= 0.6 is 0 Å². The summed E-state index contributed by atoms with van der Waals surface area (Å²) in [6.07, 6.45) is 8.04. The van der Waals surface area contributed by atoms with Gasteiger partial charge in [0.1, 0.15) is 0 Å². The van der Waals surface area contributed by atoms with E-state index in [9.17, 15) is 13.2 Å². The van der Waals surface area contributed by atoms with Gasteiger partial charge in [0.25, 0.3) is 0 Å². The van der Waals surface area contributed by atoms with Gasteiger partial charge >= 0.3 is 5.97 Å². The topological polar surface area (TPSA) is 63.7 Å². The molecule has 2 aromatic carbocycles. The van der Waals surface area contributed by atoms with E-state index < -0.39 is 15.6 Å². The van der Waals surface area contributed by atoms with Gasteiger partial charge in [-0.15, -0.1) is 0 Å². The van der Waals surface area contributed by atoms with Crippen molar-refractivity contribution in [1.29, 1.82) is 0 Å². The normalized spacial score (nSPS) is 15.7. The molecule has 0 N–H and O–H groups in total. The van der Waals surface area contributed by atoms with Crippen LogP contribution in [0.15, 0.2) is 65.6 Å². The van der Waals surface area contributed by atoms with Crippen LogP contribution in [0.2, 0.25) is 0 Å². The first-order valence-corrected chi connectivity index (χ1v) is 12.7. The van der Waals surface area contributed by atoms with Crippen molar-refractivity contribution in [2.75, 3.05) is 13.1 Å². The molecule has 0 heterocycles. The molecule has 1 aliphatic carbocycles. The first-order chi connectivity index (χ1) is 15.8. The third-order valence-corrected chi connectivity index (χ3v) is 7.48. The molecule has 0 aromatic heterocycles. The minimum atomic E-state index is -3.75. The number of rotatable bonds is 7. The summed E-state index contributed by atoms with van der Waals surface area (Å²) in [4.78, 5) is 11.9. The zero-order valence-corrected chi connectivity index (χ0v) is 20.1. The SMILES string of the molecule is CC(=O)OC1(C#CCN(C/C=C/c2ccccc2)S(=O)(=O)c2ccc(C)cc2)CCCCC1. The second-order valence-electron chi connectivity index (χ2n) is 8.37. The molecule has 1 aliphatic rings. The van der Waals surface area contributed by atoms with Gasteiger partial charge in [-0.3, -0.25) is 4.79 Å². The van der Waals surface area contributed by atoms with Crippen molar-refractivity contribution in [1.82, 2.24) is 4.31 Å². The Kier molecular flexibility index (Phi) is 8.49. The molecule has 0 aliphatic heterocycles. The van der Waals surface area contributed by atoms with E-state index in [4.69, 9.17) is 4.74 Å². The third kappa shape index (κ3) is 7.05. The van der Waals surface area contributed by atoms with Gasteiger partial charge in [0.2, 0.25) is 10.0 Å². The predicted molar refractivity (Wildman–Crippen MR) is 131 cm³/mol. The molecule has 0 radical (unpaired) electrons. The monoisotopic (exact) mass is 465 g/mol. The van der Waals surface area contributed by atoms with Crippen LogP contribution in [0.1, 0.15) is 50.2 Å². The van der Waals surface area contributed by atoms with Crippen LogP contribution in [-0.4, -0.2) is 37.4 Å². The van der Waals surface area contributed by atoms with Crippen molar-refractivity contribution >= 4 is 22.1 Å². The molecule has 2 aromatic rings. The molecule has 5 nitrogen and oxygen atoms in total. The summed E-state index contributed by atoms with van der Waals surface area (Å²) in [7, 11) is -3.75. The number of benzene rings is 2. The number of sulfonamides is 1. The fourth-order valence-corrected chi connectivity index (χ4v) is 5.21. The Hall–Kier alpha value is -2.88. The molecular formula is C27H31NO4S. The van der Waals surface area contributed by atoms with Crippen LogP contribution in [0.5, 0.6) is 0 Å². The Morgan fingerprint density at radius 3 is 2.36 bits per heavy atom. The summed E-state index contributed by atoms with van der Waals surface area (Å²) in [5.41, 5.74) is 1.17. The average Bonchev–Trinajstić information content (AvgIpc) is 2.79. The second-order valence-corrected chi connectivity index (χ2v) is 10.3. The van der Waals surface area contributed by atoms with Crippen molar-refractivity contribution in [3.63, 3.8) is 0 Å². The fraction of sp³-hybridized carbons (Fsp3) is 0.370. The average molecular weight is 466 g/mol. The Balaban J connectivity index is 1.85. The van der Waals surface area contributed by atoms with Gasteiger partial charge in [-0.1, -0.05) is 78.4 Å². The van der Waals surface area contributed by atoms with E-state index in [0.717, 1.165) is 30.4 Å². The van der Waals surface area contributed by atoms with Crippen molar-refractivity contribution < 1.29 is 17.9 Å². The number of carbonyl (C=O) groups excluding carboxylic acids is 1. The summed E-state index contributed by atoms with van der Waals surface area (Å²) in [5.74, 6) is 5.78. The molecular weight excluding hydrogens is 434 g/mol. The summed E-state index contributed by atoms with van der Waals surface area (Å²) < 4.78 is 33.7. The molecule has 1 saturated carbocycles. The van der Waals surface area contributed by atoms with Gasteiger partial charge in [-0.05, 0) is 50.3 Å². The maximum atomic E-state index is 13.4. The number of esters is 1. The standard InChI is InChI=1S/C27H31NO4S/c1-23-14-16-26(17-15-23)33(30,31)28(21-9-13-25-11-5-3-6-12-25)22-10-20-27(32-24(2)29)18-7-4-8-19-27/h3,5-6,9,11-17H,4,7-8,18-19,21-22H2,1-2H3/b13-9+. The number of nitrogens with zero attached hydrogens (tertiary/aromatic N) is 1. The summed E-state index contributed by atoms with van der Waals surface area (Å²) >= 11 is 0. The first kappa shape index (κ1) is 24.8. The molecule has 6 heteroatoms. The molecule has 3 rings (SSSR count). The highest BCUT2D eigenvalue weighted by Crippen LogP contribution is 2.31. The molecule has 1 fully saturated rings. The highest BCUT2D eigenvalue weighted by Gasteiger charge is 2.33. The zero-order chi connectivity index (χ0) is 23.7. The van der Waals surface area contributed by atoms with E-state index in [1.54, 1.807) is 24.3 Å². The van der Waals surface area contributed by atoms with E-state index in [1.807, 2.05) is 49.4 Å². The zero-order valence-electron chi connectivity index (χ0n) is 19.3. The lowest BCUT2D eigenvalue weighted by Crippen LogP contribution is -2.36. The molecule has 0 spiro atoms. The molecule has 33 heavy (non-hydrogen) atoms. The molecule has 0 unspecified atom stereocenters. The minimum absolute atomic E-state index is 0.0123. The lowest BCUT2D eigenvalue weighted by atomic mass is 9.85. The maximum absolute atomic E-state index is 13.4. The quantitative estimate of drug-likeness (QED) is 0.428. The van der Waals surface area contributed by atoms with E-state index in [0.29, 0.717) is 12.8 Å². The second kappa shape index (κ2) is 11.3. The number of hydrogen-bond donors (Lipinski definition) is 0. The Labute approximate surface area is 197 Å². The molecule has 0 atom stereocenters. The number of carbonyl (C=O) groups is 1. The lowest BCUT2D eigenvalue weighted by molar-refractivity contribution is -0.153. The van der Waals surface area contributed by atoms with Gasteiger partial charge in [-0.2, -0.15) is 4.31 Å². The fourth-order valence-electron chi connectivity index (χ4n) is 3.92. The van der Waals surface area contributed by atoms with Crippen molar-refractivity contribution in [2.24, 2.45) is 0 Å². The third-order valence-electron chi connectivity index (χ3n) is 5.65. The van der Waals surface area contributed by atoms with Gasteiger partial charge in [0.15, 0.2) is 5.60 Å². The van der Waals surface area contributed by atoms with Crippen LogP contribution in [-0.2, 0) is 19.6 Å². The van der Waals surface area contributed by atoms with Gasteiger partial charge in [0, 0.05) is 13.5 Å². The smallest absolute Gasteiger partial charge is 0.304 e. The summed E-state index contributed by atoms with van der Waals surface area (Å²) in [5, 5.41) is 0. The number of hydrogen-bond acceptors (Lipinski definition) is 4. The number of ether oxygens (including phenoxy) is 1. The van der Waals surface area contributed by atoms with Crippen LogP contribution < -0.4 is 0 Å². The number of aryl methyl sites for hydroxylation is 1. The summed E-state index contributed by atoms with van der Waals surface area (Å²) in [6.45, 7) is 3.50. The van der Waals surface area contributed by atoms with Crippen molar-refractivity contribution in [3.05, 3.63) is 71.8 Å². The van der Waals surface area contributed by atoms with Crippen LogP contribution in [0.4, 0.5) is 0 Å². The predicted octanol–water partition coefficient (Wildman–Crippen LogP) is 4.97. The van der Waals surface area contributed by atoms with Crippen LogP contribution in [0, 0.1) is 18.8 Å². The van der Waals surface area contributed by atoms with Gasteiger partial charge < -0.3 is 4.74 Å². The molecule has 174 valence electrons. The largest absolute Gasteiger partial charge is 0.446 e. The van der Waals surface area contributed by atoms with Crippen LogP contribution in [0.25, 0.3) is 6.08 Å². The van der Waals surface area contributed by atoms with Crippen molar-refractivity contribution in [3.8, 4) is 11.8 Å². The highest BCUT2D eigenvalue weighted by molar-refractivity contribution is 7.89. The maximum Gasteiger partial charge on any atom is 0.304 e. The lowest BCUT2D eigenvalue weighted by Gasteiger charge is -2.31. The minimum Gasteiger partial charge on any atom is -0.446 e. The van der Waals surface area contributed by atoms with Gasteiger partial charge in [-0.25, -0.2) is 8.42 Å². The Bertz CT molecular complexity index is 1120. The van der Waals surface area contributed by atoms with E-state index >= 15 is 0 Å². The molecule has 0 bridgehead atoms. The molecule has 0 amide bonds. The van der Waals surface area contributed by atoms with Crippen LogP contribution in [0.3, 0.4) is 0 Å². The van der Waals surface area contributed by atoms with E-state index in [2.05, 4.69) is 11.8 Å². The Morgan fingerprint density at radius 1 is 1.06 bits per heavy atom. The van der Waals surface area contributed by atoms with E-state index in [-0.39, 0.29) is 24.0 Å². The van der Waals surface area contributed by atoms with Crippen molar-refractivity contribution in [2.45, 2.75) is 56.4 Å². The highest BCUT2D eigenvalue weighted by atomic mass is 32.2. The Morgan fingerprint density at radius 2 is 1.73 bits per heavy atom. The van der Waals surface area contributed by atoms with E-state index in [1.165, 1.54) is 11.2 Å². The van der Waals surface area contributed by atoms with Gasteiger partial charge in [0.05, 0.1) is 11.4 Å².